The number of likely N-dealkylation sites (tertiary alicyclic amines) is 1. The van der Waals surface area contributed by atoms with Crippen molar-refractivity contribution in [2.75, 3.05) is 25.5 Å². The van der Waals surface area contributed by atoms with Crippen LogP contribution >= 0.6 is 0 Å². The van der Waals surface area contributed by atoms with Crippen LogP contribution in [0.25, 0.3) is 0 Å². The maximum atomic E-state index is 13.8. The van der Waals surface area contributed by atoms with Gasteiger partial charge in [0.05, 0.1) is 19.2 Å². The monoisotopic (exact) mass is 448 g/mol. The number of methoxy groups -OCH3 is 1. The molecule has 1 N–H and O–H groups in total. The highest BCUT2D eigenvalue weighted by Gasteiger charge is 2.27. The molecule has 2 heterocycles. The van der Waals surface area contributed by atoms with Gasteiger partial charge in [0, 0.05) is 36.0 Å². The number of carbonyl (C=O) groups is 1. The largest absolute Gasteiger partial charge is 0.497 e. The number of nitrogens with one attached hydrogen (secondary N) is 1. The molecule has 0 bridgehead atoms. The van der Waals surface area contributed by atoms with E-state index in [2.05, 4.69) is 22.3 Å². The lowest BCUT2D eigenvalue weighted by atomic mass is 10.0. The van der Waals surface area contributed by atoms with Crippen LogP contribution in [-0.2, 0) is 17.8 Å². The van der Waals surface area contributed by atoms with Crippen LogP contribution in [0.4, 0.5) is 10.1 Å². The maximum absolute atomic E-state index is 13.8. The molecule has 1 unspecified atom stereocenters. The van der Waals surface area contributed by atoms with Crippen LogP contribution in [0.5, 0.6) is 5.75 Å². The Morgan fingerprint density at radius 1 is 1.15 bits per heavy atom. The van der Waals surface area contributed by atoms with E-state index >= 15 is 0 Å². The Balaban J connectivity index is 1.40. The van der Waals surface area contributed by atoms with E-state index in [1.807, 2.05) is 26.0 Å². The van der Waals surface area contributed by atoms with Crippen molar-refractivity contribution >= 4 is 11.6 Å². The first-order chi connectivity index (χ1) is 15.9. The van der Waals surface area contributed by atoms with Crippen molar-refractivity contribution in [1.82, 2.24) is 14.9 Å². The molecule has 0 spiro atoms. The Kier molecular flexibility index (Phi) is 6.99. The molecule has 1 aliphatic rings. The van der Waals surface area contributed by atoms with Crippen LogP contribution < -0.4 is 10.1 Å². The Hall–Kier alpha value is -3.32. The predicted molar refractivity (Wildman–Crippen MR) is 126 cm³/mol. The van der Waals surface area contributed by atoms with Crippen molar-refractivity contribution in [3.8, 4) is 5.75 Å². The van der Waals surface area contributed by atoms with E-state index in [1.54, 1.807) is 25.3 Å². The van der Waals surface area contributed by atoms with Gasteiger partial charge in [-0.3, -0.25) is 9.69 Å². The molecule has 6 nitrogen and oxygen atoms in total. The zero-order chi connectivity index (χ0) is 23.4. The molecule has 1 atom stereocenters. The fourth-order valence-corrected chi connectivity index (χ4v) is 4.34. The lowest BCUT2D eigenvalue weighted by Crippen LogP contribution is -2.21. The molecule has 3 aromatic rings. The molecule has 1 saturated heterocycles. The van der Waals surface area contributed by atoms with Gasteiger partial charge in [-0.2, -0.15) is 0 Å². The fourth-order valence-electron chi connectivity index (χ4n) is 4.34. The summed E-state index contributed by atoms with van der Waals surface area (Å²) in [5.74, 6) is 1.22. The van der Waals surface area contributed by atoms with E-state index in [0.717, 1.165) is 54.6 Å². The van der Waals surface area contributed by atoms with Crippen LogP contribution in [0.3, 0.4) is 0 Å². The molecule has 172 valence electrons. The third-order valence-corrected chi connectivity index (χ3v) is 6.10. The molecular weight excluding hydrogens is 419 g/mol. The van der Waals surface area contributed by atoms with Gasteiger partial charge in [-0.05, 0) is 56.6 Å². The van der Waals surface area contributed by atoms with E-state index in [1.165, 1.54) is 11.6 Å². The van der Waals surface area contributed by atoms with Gasteiger partial charge >= 0.3 is 0 Å². The summed E-state index contributed by atoms with van der Waals surface area (Å²) >= 11 is 0. The first-order valence-electron chi connectivity index (χ1n) is 11.2. The second-order valence-electron chi connectivity index (χ2n) is 8.51. The summed E-state index contributed by atoms with van der Waals surface area (Å²) in [4.78, 5) is 24.4. The average molecular weight is 449 g/mol. The molecule has 1 amide bonds. The zero-order valence-corrected chi connectivity index (χ0v) is 19.3. The SMILES string of the molecule is COc1cccc(CN2CCC(c3nc(C)c(CC(=O)Nc4ccccc4F)c(C)n3)C2)c1. The molecule has 2 aromatic carbocycles. The number of amides is 1. The van der Waals surface area contributed by atoms with Crippen LogP contribution in [0.15, 0.2) is 48.5 Å². The quantitative estimate of drug-likeness (QED) is 0.580. The Labute approximate surface area is 193 Å². The highest BCUT2D eigenvalue weighted by Crippen LogP contribution is 2.28. The summed E-state index contributed by atoms with van der Waals surface area (Å²) < 4.78 is 19.2. The van der Waals surface area contributed by atoms with Gasteiger partial charge < -0.3 is 10.1 Å². The van der Waals surface area contributed by atoms with Gasteiger partial charge in [-0.1, -0.05) is 24.3 Å². The molecule has 0 radical (unpaired) electrons. The van der Waals surface area contributed by atoms with Gasteiger partial charge in [0.1, 0.15) is 17.4 Å². The zero-order valence-electron chi connectivity index (χ0n) is 19.3. The van der Waals surface area contributed by atoms with E-state index < -0.39 is 5.82 Å². The van der Waals surface area contributed by atoms with Crippen molar-refractivity contribution in [3.63, 3.8) is 0 Å². The van der Waals surface area contributed by atoms with Gasteiger partial charge in [0.2, 0.25) is 5.91 Å². The molecule has 33 heavy (non-hydrogen) atoms. The van der Waals surface area contributed by atoms with Gasteiger partial charge in [-0.15, -0.1) is 0 Å². The van der Waals surface area contributed by atoms with Crippen LogP contribution in [0.2, 0.25) is 0 Å². The van der Waals surface area contributed by atoms with Gasteiger partial charge in [0.15, 0.2) is 0 Å². The minimum atomic E-state index is -0.453. The van der Waals surface area contributed by atoms with Crippen LogP contribution in [-0.4, -0.2) is 41.0 Å². The number of rotatable bonds is 7. The summed E-state index contributed by atoms with van der Waals surface area (Å²) in [7, 11) is 1.68. The van der Waals surface area contributed by atoms with Gasteiger partial charge in [-0.25, -0.2) is 14.4 Å². The van der Waals surface area contributed by atoms with E-state index in [-0.39, 0.29) is 23.9 Å². The van der Waals surface area contributed by atoms with Crippen molar-refractivity contribution in [3.05, 3.63) is 82.7 Å². The maximum Gasteiger partial charge on any atom is 0.229 e. The van der Waals surface area contributed by atoms with Crippen LogP contribution in [0, 0.1) is 19.7 Å². The molecule has 1 aromatic heterocycles. The normalized spacial score (nSPS) is 16.1. The first kappa shape index (κ1) is 22.9. The molecule has 0 aliphatic carbocycles. The third kappa shape index (κ3) is 5.54. The number of para-hydroxylation sites is 1. The summed E-state index contributed by atoms with van der Waals surface area (Å²) in [6, 6.07) is 14.3. The third-order valence-electron chi connectivity index (χ3n) is 6.10. The summed E-state index contributed by atoms with van der Waals surface area (Å²) in [5.41, 5.74) is 3.79. The van der Waals surface area contributed by atoms with Crippen molar-refractivity contribution in [2.24, 2.45) is 0 Å². The summed E-state index contributed by atoms with van der Waals surface area (Å²) in [5, 5.41) is 2.63. The minimum Gasteiger partial charge on any atom is -0.497 e. The average Bonchev–Trinajstić information content (AvgIpc) is 3.26. The number of nitrogens with zero attached hydrogens (tertiary/aromatic N) is 3. The number of benzene rings is 2. The number of aromatic nitrogens is 2. The second-order valence-corrected chi connectivity index (χ2v) is 8.51. The number of halogens is 1. The highest BCUT2D eigenvalue weighted by atomic mass is 19.1. The first-order valence-corrected chi connectivity index (χ1v) is 11.2. The smallest absolute Gasteiger partial charge is 0.229 e. The standard InChI is InChI=1S/C26H29FN4O2/c1-17-22(14-25(32)30-24-10-5-4-9-23(24)27)18(2)29-26(28-17)20-11-12-31(16-20)15-19-7-6-8-21(13-19)33-3/h4-10,13,20H,11-12,14-16H2,1-3H3,(H,30,32). The van der Waals surface area contributed by atoms with Crippen molar-refractivity contribution in [2.45, 2.75) is 39.2 Å². The summed E-state index contributed by atoms with van der Waals surface area (Å²) in [6.45, 7) is 6.55. The predicted octanol–water partition coefficient (Wildman–Crippen LogP) is 4.41. The molecule has 1 fully saturated rings. The highest BCUT2D eigenvalue weighted by molar-refractivity contribution is 5.92. The fraction of sp³-hybridized carbons (Fsp3) is 0.346. The molecule has 1 aliphatic heterocycles. The minimum absolute atomic E-state index is 0.110. The number of hydrogen-bond donors (Lipinski definition) is 1. The van der Waals surface area contributed by atoms with Gasteiger partial charge in [0.25, 0.3) is 0 Å². The van der Waals surface area contributed by atoms with Crippen molar-refractivity contribution in [1.29, 1.82) is 0 Å². The number of aryl methyl sites for hydroxylation is 2. The number of carbonyl (C=O) groups excluding carboxylic acids is 1. The Morgan fingerprint density at radius 2 is 1.91 bits per heavy atom. The lowest BCUT2D eigenvalue weighted by molar-refractivity contribution is -0.115. The molecular formula is C26H29FN4O2. The number of ether oxygens (including phenoxy) is 1. The van der Waals surface area contributed by atoms with E-state index in [0.29, 0.717) is 0 Å². The van der Waals surface area contributed by atoms with Crippen molar-refractivity contribution < 1.29 is 13.9 Å². The van der Waals surface area contributed by atoms with Crippen LogP contribution in [0.1, 0.15) is 40.7 Å². The topological polar surface area (TPSA) is 67.3 Å². The molecule has 4 rings (SSSR count). The number of hydrogen-bond acceptors (Lipinski definition) is 5. The Bertz CT molecular complexity index is 1130. The second kappa shape index (κ2) is 10.1. The number of anilines is 1. The molecule has 0 saturated carbocycles. The Morgan fingerprint density at radius 3 is 2.64 bits per heavy atom. The molecule has 7 heteroatoms. The lowest BCUT2D eigenvalue weighted by Gasteiger charge is -2.17. The summed E-state index contributed by atoms with van der Waals surface area (Å²) in [6.07, 6.45) is 1.11. The van der Waals surface area contributed by atoms with E-state index in [4.69, 9.17) is 14.7 Å². The van der Waals surface area contributed by atoms with E-state index in [9.17, 15) is 9.18 Å².